The first-order valence-corrected chi connectivity index (χ1v) is 11.4. The first-order chi connectivity index (χ1) is 16.8. The number of hydrogen-bond donors (Lipinski definition) is 0. The molecule has 0 unspecified atom stereocenters. The van der Waals surface area contributed by atoms with Crippen molar-refractivity contribution in [2.45, 2.75) is 13.3 Å². The van der Waals surface area contributed by atoms with Crippen molar-refractivity contribution >= 4 is 39.0 Å². The zero-order chi connectivity index (χ0) is 22.9. The summed E-state index contributed by atoms with van der Waals surface area (Å²) in [5, 5.41) is 3.56. The maximum absolute atomic E-state index is 5.71. The van der Waals surface area contributed by atoms with Gasteiger partial charge in [0, 0.05) is 58.6 Å². The van der Waals surface area contributed by atoms with Gasteiger partial charge in [-0.05, 0) is 60.5 Å². The van der Waals surface area contributed by atoms with Gasteiger partial charge in [0.25, 0.3) is 0 Å². The molecule has 0 saturated heterocycles. The van der Waals surface area contributed by atoms with E-state index < -0.39 is 0 Å². The summed E-state index contributed by atoms with van der Waals surface area (Å²) in [6.07, 6.45) is 11.9. The Balaban J connectivity index is 1.64. The molecule has 0 radical (unpaired) electrons. The van der Waals surface area contributed by atoms with Crippen molar-refractivity contribution in [3.8, 4) is 16.8 Å². The van der Waals surface area contributed by atoms with Crippen molar-refractivity contribution in [3.05, 3.63) is 109 Å². The lowest BCUT2D eigenvalue weighted by atomic mass is 10.0. The van der Waals surface area contributed by atoms with Crippen molar-refractivity contribution in [1.29, 1.82) is 0 Å². The van der Waals surface area contributed by atoms with Gasteiger partial charge < -0.3 is 8.98 Å². The van der Waals surface area contributed by atoms with Gasteiger partial charge in [0.2, 0.25) is 0 Å². The minimum Gasteiger partial charge on any atom is -0.464 e. The molecule has 0 saturated carbocycles. The van der Waals surface area contributed by atoms with Crippen molar-refractivity contribution in [2.75, 3.05) is 0 Å². The molecule has 0 bridgehead atoms. The molecule has 0 N–H and O–H groups in total. The molecule has 0 fully saturated rings. The second-order valence-electron chi connectivity index (χ2n) is 8.29. The van der Waals surface area contributed by atoms with E-state index in [1.807, 2.05) is 37.7 Å². The van der Waals surface area contributed by atoms with Crippen molar-refractivity contribution < 1.29 is 4.42 Å². The molecule has 3 aromatic heterocycles. The fourth-order valence-corrected chi connectivity index (χ4v) is 4.72. The van der Waals surface area contributed by atoms with Gasteiger partial charge in [-0.2, -0.15) is 0 Å². The second kappa shape index (κ2) is 8.49. The number of nitrogens with zero attached hydrogens (tertiary/aromatic N) is 3. The maximum Gasteiger partial charge on any atom is 0.134 e. The molecule has 4 heteroatoms. The zero-order valence-corrected chi connectivity index (χ0v) is 18.8. The predicted molar refractivity (Wildman–Crippen MR) is 141 cm³/mol. The third-order valence-corrected chi connectivity index (χ3v) is 6.17. The van der Waals surface area contributed by atoms with Gasteiger partial charge in [-0.1, -0.05) is 36.4 Å². The second-order valence-corrected chi connectivity index (χ2v) is 8.29. The third kappa shape index (κ3) is 3.41. The molecule has 4 nitrogen and oxygen atoms in total. The monoisotopic (exact) mass is 441 g/mol. The summed E-state index contributed by atoms with van der Waals surface area (Å²) in [4.78, 5) is 8.72. The number of allylic oxidation sites excluding steroid dienone is 1. The van der Waals surface area contributed by atoms with E-state index >= 15 is 0 Å². The summed E-state index contributed by atoms with van der Waals surface area (Å²) in [6, 6.07) is 25.7. The smallest absolute Gasteiger partial charge is 0.134 e. The van der Waals surface area contributed by atoms with Crippen LogP contribution in [0.15, 0.2) is 113 Å². The highest BCUT2D eigenvalue weighted by Crippen LogP contribution is 2.38. The summed E-state index contributed by atoms with van der Waals surface area (Å²) in [5.74, 6) is 0. The molecule has 3 heterocycles. The van der Waals surface area contributed by atoms with E-state index in [1.165, 1.54) is 21.9 Å². The summed E-state index contributed by atoms with van der Waals surface area (Å²) < 4.78 is 8.06. The quantitative estimate of drug-likeness (QED) is 0.257. The van der Waals surface area contributed by atoms with E-state index in [9.17, 15) is 0 Å². The maximum atomic E-state index is 5.71. The summed E-state index contributed by atoms with van der Waals surface area (Å²) >= 11 is 0. The molecule has 0 aliphatic carbocycles. The molecule has 164 valence electrons. The lowest BCUT2D eigenvalue weighted by Crippen LogP contribution is -1.98. The fraction of sp³-hybridized carbons (Fsp3) is 0.0667. The van der Waals surface area contributed by atoms with E-state index in [4.69, 9.17) is 4.42 Å². The SMILES string of the molecule is C/C=C\N=C/Cc1cc(-c2cccnc2)cc(-n2c3ccccc3c3c4ccoc4ccc32)c1. The highest BCUT2D eigenvalue weighted by atomic mass is 16.3. The van der Waals surface area contributed by atoms with E-state index in [-0.39, 0.29) is 0 Å². The minimum absolute atomic E-state index is 0.745. The van der Waals surface area contributed by atoms with Gasteiger partial charge in [0.1, 0.15) is 5.58 Å². The van der Waals surface area contributed by atoms with E-state index in [2.05, 4.69) is 81.3 Å². The van der Waals surface area contributed by atoms with Crippen LogP contribution in [-0.4, -0.2) is 15.8 Å². The summed E-state index contributed by atoms with van der Waals surface area (Å²) in [6.45, 7) is 1.97. The topological polar surface area (TPSA) is 43.3 Å². The van der Waals surface area contributed by atoms with E-state index in [0.29, 0.717) is 0 Å². The number of aliphatic imine (C=N–C) groups is 1. The molecule has 0 aliphatic heterocycles. The Labute approximate surface area is 197 Å². The molecule has 0 atom stereocenters. The van der Waals surface area contributed by atoms with Gasteiger partial charge in [-0.15, -0.1) is 0 Å². The number of furan rings is 1. The van der Waals surface area contributed by atoms with Gasteiger partial charge >= 0.3 is 0 Å². The van der Waals surface area contributed by atoms with Crippen molar-refractivity contribution in [2.24, 2.45) is 4.99 Å². The minimum atomic E-state index is 0.745. The molecule has 0 spiro atoms. The Bertz CT molecular complexity index is 1690. The first kappa shape index (κ1) is 20.2. The first-order valence-electron chi connectivity index (χ1n) is 11.4. The van der Waals surface area contributed by atoms with Crippen LogP contribution in [-0.2, 0) is 6.42 Å². The average Bonchev–Trinajstić information content (AvgIpc) is 3.49. The highest BCUT2D eigenvalue weighted by Gasteiger charge is 2.16. The largest absolute Gasteiger partial charge is 0.464 e. The van der Waals surface area contributed by atoms with Crippen molar-refractivity contribution in [3.63, 3.8) is 0 Å². The Hall–Kier alpha value is -4.44. The van der Waals surface area contributed by atoms with Crippen LogP contribution in [0.3, 0.4) is 0 Å². The number of aromatic nitrogens is 2. The molecular weight excluding hydrogens is 418 g/mol. The predicted octanol–water partition coefficient (Wildman–Crippen LogP) is 7.74. The molecule has 34 heavy (non-hydrogen) atoms. The number of hydrogen-bond acceptors (Lipinski definition) is 3. The molecular formula is C30H23N3O. The molecule has 0 aliphatic rings. The molecule has 0 amide bonds. The fourth-order valence-electron chi connectivity index (χ4n) is 4.72. The Morgan fingerprint density at radius 2 is 1.85 bits per heavy atom. The van der Waals surface area contributed by atoms with Gasteiger partial charge in [-0.25, -0.2) is 0 Å². The molecule has 6 aromatic rings. The lowest BCUT2D eigenvalue weighted by molar-refractivity contribution is 0.616. The van der Waals surface area contributed by atoms with Crippen molar-refractivity contribution in [1.82, 2.24) is 9.55 Å². The van der Waals surface area contributed by atoms with Crippen LogP contribution >= 0.6 is 0 Å². The van der Waals surface area contributed by atoms with Crippen LogP contribution in [0.5, 0.6) is 0 Å². The molecule has 6 rings (SSSR count). The number of fused-ring (bicyclic) bond motifs is 5. The Morgan fingerprint density at radius 1 is 0.912 bits per heavy atom. The number of pyridine rings is 1. The van der Waals surface area contributed by atoms with Gasteiger partial charge in [-0.3, -0.25) is 9.98 Å². The van der Waals surface area contributed by atoms with Gasteiger partial charge in [0.05, 0.1) is 17.3 Å². The van der Waals surface area contributed by atoms with Crippen LogP contribution in [0, 0.1) is 0 Å². The Kier molecular flexibility index (Phi) is 5.04. The van der Waals surface area contributed by atoms with E-state index in [1.54, 1.807) is 12.5 Å². The highest BCUT2D eigenvalue weighted by molar-refractivity contribution is 6.20. The van der Waals surface area contributed by atoms with Crippen LogP contribution in [0.25, 0.3) is 49.6 Å². The third-order valence-electron chi connectivity index (χ3n) is 6.17. The number of para-hydroxylation sites is 1. The van der Waals surface area contributed by atoms with Crippen LogP contribution in [0.2, 0.25) is 0 Å². The zero-order valence-electron chi connectivity index (χ0n) is 18.8. The number of benzene rings is 3. The standard InChI is InChI=1S/C30H23N3O/c1-2-13-31-15-11-21-17-23(22-6-5-14-32-20-22)19-24(18-21)33-27-8-4-3-7-25(27)30-26-12-16-34-29(26)10-9-28(30)33/h2-10,12-20H,11H2,1H3/b13-2-,31-15-. The van der Waals surface area contributed by atoms with Gasteiger partial charge in [0.15, 0.2) is 0 Å². The normalized spacial score (nSPS) is 12.1. The average molecular weight is 442 g/mol. The lowest BCUT2D eigenvalue weighted by Gasteiger charge is -2.13. The van der Waals surface area contributed by atoms with Crippen LogP contribution < -0.4 is 0 Å². The molecule has 3 aromatic carbocycles. The number of rotatable bonds is 5. The Morgan fingerprint density at radius 3 is 2.74 bits per heavy atom. The van der Waals surface area contributed by atoms with Crippen LogP contribution in [0.4, 0.5) is 0 Å². The van der Waals surface area contributed by atoms with E-state index in [0.717, 1.165) is 39.7 Å². The summed E-state index contributed by atoms with van der Waals surface area (Å²) in [7, 11) is 0. The summed E-state index contributed by atoms with van der Waals surface area (Å²) in [5.41, 5.74) is 7.77. The van der Waals surface area contributed by atoms with Crippen LogP contribution in [0.1, 0.15) is 12.5 Å².